The summed E-state index contributed by atoms with van der Waals surface area (Å²) in [5.41, 5.74) is 11.1. The van der Waals surface area contributed by atoms with E-state index in [1.54, 1.807) is 0 Å². The minimum Gasteiger partial charge on any atom is -0.456 e. The molecular formula is C43H24N2O2. The van der Waals surface area contributed by atoms with Gasteiger partial charge in [0.1, 0.15) is 17.2 Å². The Morgan fingerprint density at radius 3 is 2.09 bits per heavy atom. The number of hydrogen-bond acceptors (Lipinski definition) is 3. The predicted molar refractivity (Wildman–Crippen MR) is 191 cm³/mol. The zero-order chi connectivity index (χ0) is 31.1. The highest BCUT2D eigenvalue weighted by molar-refractivity contribution is 6.18. The molecule has 7 aromatic carbocycles. The lowest BCUT2D eigenvalue weighted by Gasteiger charge is -2.09. The third-order valence-electron chi connectivity index (χ3n) is 9.45. The fourth-order valence-corrected chi connectivity index (χ4v) is 7.33. The molecule has 10 rings (SSSR count). The summed E-state index contributed by atoms with van der Waals surface area (Å²) in [6, 6.07) is 52.7. The molecule has 218 valence electrons. The van der Waals surface area contributed by atoms with Gasteiger partial charge >= 0.3 is 0 Å². The summed E-state index contributed by atoms with van der Waals surface area (Å²) in [6.45, 7) is 0. The van der Waals surface area contributed by atoms with Gasteiger partial charge in [0.15, 0.2) is 11.2 Å². The first-order valence-corrected chi connectivity index (χ1v) is 15.7. The van der Waals surface area contributed by atoms with Crippen molar-refractivity contribution in [2.45, 2.75) is 0 Å². The minimum atomic E-state index is 0.510. The van der Waals surface area contributed by atoms with Crippen LogP contribution in [0, 0.1) is 11.3 Å². The van der Waals surface area contributed by atoms with Crippen molar-refractivity contribution in [1.82, 2.24) is 4.57 Å². The molecule has 0 radical (unpaired) electrons. The number of furan rings is 2. The summed E-state index contributed by atoms with van der Waals surface area (Å²) in [7, 11) is 0. The highest BCUT2D eigenvalue weighted by Gasteiger charge is 2.22. The maximum atomic E-state index is 10.2. The standard InChI is InChI=1S/C43H24N2O2/c44-25-29-17-20-30(28-19-22-40-35(24-28)32-12-5-7-16-39(32)46-40)41-33-13-8-15-38(43(33)47-42(29)41)45-36-14-6-4-11-31(36)34-23-27(18-21-37(34)45)26-9-2-1-3-10-26/h1-24H. The van der Waals surface area contributed by atoms with Crippen molar-refractivity contribution in [2.24, 2.45) is 0 Å². The number of para-hydroxylation sites is 3. The van der Waals surface area contributed by atoms with Crippen LogP contribution < -0.4 is 0 Å². The Morgan fingerprint density at radius 1 is 0.468 bits per heavy atom. The van der Waals surface area contributed by atoms with E-state index in [2.05, 4.69) is 114 Å². The Morgan fingerprint density at radius 2 is 1.19 bits per heavy atom. The van der Waals surface area contributed by atoms with Gasteiger partial charge in [0.25, 0.3) is 0 Å². The van der Waals surface area contributed by atoms with Crippen LogP contribution in [0.1, 0.15) is 5.56 Å². The SMILES string of the molecule is N#Cc1ccc(-c2ccc3oc4ccccc4c3c2)c2c1oc1c(-n3c4ccccc4c4cc(-c5ccccc5)ccc43)cccc12. The zero-order valence-electron chi connectivity index (χ0n) is 25.1. The molecule has 0 saturated carbocycles. The molecule has 0 aliphatic heterocycles. The van der Waals surface area contributed by atoms with E-state index in [9.17, 15) is 5.26 Å². The van der Waals surface area contributed by atoms with Crippen LogP contribution in [0.15, 0.2) is 154 Å². The molecule has 0 aliphatic rings. The monoisotopic (exact) mass is 600 g/mol. The molecule has 3 aromatic heterocycles. The van der Waals surface area contributed by atoms with Crippen molar-refractivity contribution in [2.75, 3.05) is 0 Å². The molecule has 0 unspecified atom stereocenters. The van der Waals surface area contributed by atoms with Gasteiger partial charge in [-0.15, -0.1) is 0 Å². The van der Waals surface area contributed by atoms with E-state index in [0.717, 1.165) is 66.1 Å². The Hall–Kier alpha value is -6.57. The minimum absolute atomic E-state index is 0.510. The van der Waals surface area contributed by atoms with Gasteiger partial charge in [-0.1, -0.05) is 97.1 Å². The number of nitrogens with zero attached hydrogens (tertiary/aromatic N) is 2. The topological polar surface area (TPSA) is 55.0 Å². The first-order valence-electron chi connectivity index (χ1n) is 15.7. The number of aromatic nitrogens is 1. The third-order valence-corrected chi connectivity index (χ3v) is 9.45. The molecule has 4 heteroatoms. The third kappa shape index (κ3) is 3.69. The number of benzene rings is 7. The lowest BCUT2D eigenvalue weighted by Crippen LogP contribution is -1.94. The summed E-state index contributed by atoms with van der Waals surface area (Å²) < 4.78 is 15.2. The molecular weight excluding hydrogens is 576 g/mol. The van der Waals surface area contributed by atoms with Crippen molar-refractivity contribution < 1.29 is 8.83 Å². The maximum absolute atomic E-state index is 10.2. The van der Waals surface area contributed by atoms with E-state index >= 15 is 0 Å². The highest BCUT2D eigenvalue weighted by atomic mass is 16.3. The van der Waals surface area contributed by atoms with Crippen molar-refractivity contribution in [3.63, 3.8) is 0 Å². The summed E-state index contributed by atoms with van der Waals surface area (Å²) >= 11 is 0. The molecule has 0 spiro atoms. The van der Waals surface area contributed by atoms with E-state index in [1.165, 1.54) is 21.9 Å². The quantitative estimate of drug-likeness (QED) is 0.203. The molecule has 47 heavy (non-hydrogen) atoms. The molecule has 0 N–H and O–H groups in total. The average molecular weight is 601 g/mol. The average Bonchev–Trinajstić information content (AvgIpc) is 3.81. The van der Waals surface area contributed by atoms with Crippen LogP contribution in [0.25, 0.3) is 93.6 Å². The van der Waals surface area contributed by atoms with Crippen LogP contribution in [0.3, 0.4) is 0 Å². The van der Waals surface area contributed by atoms with E-state index in [4.69, 9.17) is 8.83 Å². The van der Waals surface area contributed by atoms with E-state index in [1.807, 2.05) is 42.5 Å². The lowest BCUT2D eigenvalue weighted by molar-refractivity contribution is 0.665. The van der Waals surface area contributed by atoms with Gasteiger partial charge in [0.05, 0.1) is 22.3 Å². The molecule has 0 bridgehead atoms. The van der Waals surface area contributed by atoms with Gasteiger partial charge in [0, 0.05) is 32.3 Å². The number of hydrogen-bond donors (Lipinski definition) is 0. The van der Waals surface area contributed by atoms with Crippen LogP contribution in [0.2, 0.25) is 0 Å². The number of rotatable bonds is 3. The second-order valence-corrected chi connectivity index (χ2v) is 12.0. The van der Waals surface area contributed by atoms with Crippen LogP contribution in [-0.2, 0) is 0 Å². The normalized spacial score (nSPS) is 11.8. The molecule has 0 fully saturated rings. The van der Waals surface area contributed by atoms with Gasteiger partial charge in [-0.3, -0.25) is 0 Å². The summed E-state index contributed by atoms with van der Waals surface area (Å²) in [5.74, 6) is 0. The first kappa shape index (κ1) is 25.7. The molecule has 0 atom stereocenters. The number of nitriles is 1. The van der Waals surface area contributed by atoms with Gasteiger partial charge in [-0.25, -0.2) is 0 Å². The Balaban J connectivity index is 1.25. The Bertz CT molecular complexity index is 2920. The molecule has 10 aromatic rings. The molecule has 0 saturated heterocycles. The van der Waals surface area contributed by atoms with Crippen molar-refractivity contribution in [3.8, 4) is 34.0 Å². The fraction of sp³-hybridized carbons (Fsp3) is 0. The largest absolute Gasteiger partial charge is 0.456 e. The van der Waals surface area contributed by atoms with Crippen LogP contribution in [-0.4, -0.2) is 4.57 Å². The van der Waals surface area contributed by atoms with Crippen LogP contribution in [0.4, 0.5) is 0 Å². The lowest BCUT2D eigenvalue weighted by atomic mass is 9.96. The molecule has 0 aliphatic carbocycles. The van der Waals surface area contributed by atoms with E-state index < -0.39 is 0 Å². The summed E-state index contributed by atoms with van der Waals surface area (Å²) in [5, 5.41) is 16.6. The zero-order valence-corrected chi connectivity index (χ0v) is 25.1. The van der Waals surface area contributed by atoms with E-state index in [-0.39, 0.29) is 0 Å². The van der Waals surface area contributed by atoms with Crippen molar-refractivity contribution >= 4 is 65.7 Å². The van der Waals surface area contributed by atoms with Gasteiger partial charge in [-0.05, 0) is 70.8 Å². The maximum Gasteiger partial charge on any atom is 0.159 e. The van der Waals surface area contributed by atoms with Gasteiger partial charge in [0.2, 0.25) is 0 Å². The molecule has 3 heterocycles. The van der Waals surface area contributed by atoms with Gasteiger partial charge < -0.3 is 13.4 Å². The number of fused-ring (bicyclic) bond motifs is 9. The second-order valence-electron chi connectivity index (χ2n) is 12.0. The fourth-order valence-electron chi connectivity index (χ4n) is 7.33. The molecule has 0 amide bonds. The van der Waals surface area contributed by atoms with Crippen LogP contribution >= 0.6 is 0 Å². The smallest absolute Gasteiger partial charge is 0.159 e. The highest BCUT2D eigenvalue weighted by Crippen LogP contribution is 2.43. The Labute approximate surface area is 268 Å². The van der Waals surface area contributed by atoms with Crippen molar-refractivity contribution in [3.05, 3.63) is 151 Å². The van der Waals surface area contributed by atoms with E-state index in [0.29, 0.717) is 11.1 Å². The second kappa shape index (κ2) is 9.71. The molecule has 4 nitrogen and oxygen atoms in total. The summed E-state index contributed by atoms with van der Waals surface area (Å²) in [4.78, 5) is 0. The van der Waals surface area contributed by atoms with Gasteiger partial charge in [-0.2, -0.15) is 5.26 Å². The predicted octanol–water partition coefficient (Wildman–Crippen LogP) is 11.8. The summed E-state index contributed by atoms with van der Waals surface area (Å²) in [6.07, 6.45) is 0. The van der Waals surface area contributed by atoms with Crippen LogP contribution in [0.5, 0.6) is 0 Å². The van der Waals surface area contributed by atoms with Crippen molar-refractivity contribution in [1.29, 1.82) is 5.26 Å². The first-order chi connectivity index (χ1) is 23.3. The Kier molecular flexibility index (Phi) is 5.32.